The van der Waals surface area contributed by atoms with Crippen LogP contribution < -0.4 is 4.90 Å². The van der Waals surface area contributed by atoms with Crippen LogP contribution in [0.5, 0.6) is 0 Å². The summed E-state index contributed by atoms with van der Waals surface area (Å²) in [5.41, 5.74) is 2.98. The van der Waals surface area contributed by atoms with E-state index in [4.69, 9.17) is 14.5 Å². The normalized spacial score (nSPS) is 15.9. The molecular weight excluding hydrogens is 593 g/mol. The topological polar surface area (TPSA) is 74.7 Å². The Morgan fingerprint density at radius 1 is 1.20 bits per heavy atom. The smallest absolute Gasteiger partial charge is 0.410 e. The molecule has 0 fully saturated rings. The fraction of sp³-hybridized carbons (Fsp3) is 0.500. The fourth-order valence-corrected chi connectivity index (χ4v) is 5.49. The molecule has 1 atom stereocenters. The van der Waals surface area contributed by atoms with Gasteiger partial charge >= 0.3 is 6.09 Å². The van der Waals surface area contributed by atoms with Gasteiger partial charge in [0, 0.05) is 44.3 Å². The van der Waals surface area contributed by atoms with E-state index in [2.05, 4.69) is 17.9 Å². The Morgan fingerprint density at radius 3 is 2.59 bits per heavy atom. The van der Waals surface area contributed by atoms with Crippen LogP contribution in [-0.4, -0.2) is 72.4 Å². The lowest BCUT2D eigenvalue weighted by molar-refractivity contribution is -0.114. The zero-order chi connectivity index (χ0) is 32.4. The molecule has 0 spiro atoms. The molecule has 1 aliphatic heterocycles. The molecule has 2 heterocycles. The van der Waals surface area contributed by atoms with Gasteiger partial charge in [0.1, 0.15) is 11.4 Å². The van der Waals surface area contributed by atoms with E-state index in [9.17, 15) is 9.59 Å². The summed E-state index contributed by atoms with van der Waals surface area (Å²) in [4.78, 5) is 38.0. The number of ether oxygens (including phenoxy) is 2. The summed E-state index contributed by atoms with van der Waals surface area (Å²) >= 11 is 3.21. The summed E-state index contributed by atoms with van der Waals surface area (Å²) in [5.74, 6) is 0.640. The molecule has 0 saturated carbocycles. The van der Waals surface area contributed by atoms with Crippen LogP contribution in [0.3, 0.4) is 0 Å². The van der Waals surface area contributed by atoms with Crippen molar-refractivity contribution in [3.05, 3.63) is 75.3 Å². The van der Waals surface area contributed by atoms with E-state index < -0.39 is 5.60 Å². The number of aliphatic imine (C=N–C) groups is 1. The molecule has 2 aromatic rings. The standard InChI is InChI=1S/C34H48N4O4S2/c1-10-24(2)21-28-31(35-25(3)43-9)36(7)18-19-38(32(28)39)27-14-11-13-26(22-27)23-41-29(30-15-12-20-44-30)16-17-37(8)33(40)42-34(4,5)6/h11-15,20-22,29H,10,16-19,23H2,1-9H3/b24-21+,35-25+. The molecule has 0 radical (unpaired) electrons. The molecule has 0 N–H and O–H groups in total. The number of anilines is 1. The summed E-state index contributed by atoms with van der Waals surface area (Å²) in [5, 5.41) is 2.94. The van der Waals surface area contributed by atoms with Gasteiger partial charge in [-0.25, -0.2) is 9.79 Å². The van der Waals surface area contributed by atoms with E-state index in [-0.39, 0.29) is 18.1 Å². The second-order valence-corrected chi connectivity index (χ2v) is 13.9. The van der Waals surface area contributed by atoms with Gasteiger partial charge in [0.2, 0.25) is 0 Å². The van der Waals surface area contributed by atoms with Crippen LogP contribution in [0.2, 0.25) is 0 Å². The van der Waals surface area contributed by atoms with E-state index in [1.807, 2.05) is 94.6 Å². The number of allylic oxidation sites excluding steroid dienone is 1. The third-order valence-corrected chi connectivity index (χ3v) is 8.86. The predicted molar refractivity (Wildman–Crippen MR) is 184 cm³/mol. The molecule has 0 aliphatic carbocycles. The van der Waals surface area contributed by atoms with Crippen molar-refractivity contribution < 1.29 is 19.1 Å². The number of carbonyl (C=O) groups is 2. The van der Waals surface area contributed by atoms with Gasteiger partial charge in [0.25, 0.3) is 5.91 Å². The first-order valence-corrected chi connectivity index (χ1v) is 17.1. The lowest BCUT2D eigenvalue weighted by atomic mass is 10.1. The van der Waals surface area contributed by atoms with Crippen molar-refractivity contribution >= 4 is 45.8 Å². The summed E-state index contributed by atoms with van der Waals surface area (Å²) in [6, 6.07) is 12.1. The molecular formula is C34H48N4O4S2. The van der Waals surface area contributed by atoms with E-state index in [1.54, 1.807) is 35.0 Å². The number of rotatable bonds is 11. The maximum absolute atomic E-state index is 14.1. The molecule has 0 saturated heterocycles. The fourth-order valence-electron chi connectivity index (χ4n) is 4.50. The van der Waals surface area contributed by atoms with Gasteiger partial charge in [0.05, 0.1) is 23.3 Å². The van der Waals surface area contributed by atoms with Crippen LogP contribution in [0.4, 0.5) is 10.5 Å². The highest BCUT2D eigenvalue weighted by Crippen LogP contribution is 2.30. The summed E-state index contributed by atoms with van der Waals surface area (Å²) in [6.45, 7) is 13.7. The molecule has 1 aliphatic rings. The van der Waals surface area contributed by atoms with Gasteiger partial charge in [-0.2, -0.15) is 0 Å². The Bertz CT molecular complexity index is 1360. The van der Waals surface area contributed by atoms with Gasteiger partial charge < -0.3 is 24.2 Å². The van der Waals surface area contributed by atoms with Gasteiger partial charge in [-0.15, -0.1) is 23.1 Å². The molecule has 44 heavy (non-hydrogen) atoms. The molecule has 1 aromatic carbocycles. The first-order valence-electron chi connectivity index (χ1n) is 15.0. The third kappa shape index (κ3) is 10.2. The largest absolute Gasteiger partial charge is 0.444 e. The molecule has 2 amide bonds. The van der Waals surface area contributed by atoms with Crippen molar-refractivity contribution in [1.29, 1.82) is 0 Å². The minimum Gasteiger partial charge on any atom is -0.444 e. The van der Waals surface area contributed by atoms with Crippen LogP contribution in [-0.2, 0) is 20.9 Å². The van der Waals surface area contributed by atoms with Crippen molar-refractivity contribution in [1.82, 2.24) is 9.80 Å². The second kappa shape index (κ2) is 16.3. The third-order valence-electron chi connectivity index (χ3n) is 7.21. The highest BCUT2D eigenvalue weighted by Gasteiger charge is 2.28. The average molecular weight is 641 g/mol. The zero-order valence-electron chi connectivity index (χ0n) is 27.7. The predicted octanol–water partition coefficient (Wildman–Crippen LogP) is 7.89. The molecule has 240 valence electrons. The Kier molecular flexibility index (Phi) is 13.1. The molecule has 3 rings (SSSR count). The number of benzene rings is 1. The van der Waals surface area contributed by atoms with Crippen LogP contribution in [0.25, 0.3) is 0 Å². The number of amides is 2. The highest BCUT2D eigenvalue weighted by molar-refractivity contribution is 8.13. The van der Waals surface area contributed by atoms with Gasteiger partial charge in [-0.05, 0) is 88.9 Å². The Morgan fingerprint density at radius 2 is 1.95 bits per heavy atom. The number of likely N-dealkylation sites (N-methyl/N-ethyl adjacent to an activating group) is 1. The minimum absolute atomic E-state index is 0.0606. The molecule has 1 aromatic heterocycles. The van der Waals surface area contributed by atoms with E-state index >= 15 is 0 Å². The quantitative estimate of drug-likeness (QED) is 0.184. The Hall–Kier alpha value is -3.08. The Balaban J connectivity index is 1.82. The van der Waals surface area contributed by atoms with E-state index in [0.29, 0.717) is 44.1 Å². The lowest BCUT2D eigenvalue weighted by Gasteiger charge is -2.26. The van der Waals surface area contributed by atoms with E-state index in [1.165, 1.54) is 0 Å². The van der Waals surface area contributed by atoms with Gasteiger partial charge in [-0.3, -0.25) is 4.79 Å². The minimum atomic E-state index is -0.547. The lowest BCUT2D eigenvalue weighted by Crippen LogP contribution is -2.35. The second-order valence-electron chi connectivity index (χ2n) is 12.0. The molecule has 10 heteroatoms. The van der Waals surface area contributed by atoms with E-state index in [0.717, 1.165) is 33.2 Å². The van der Waals surface area contributed by atoms with Crippen LogP contribution in [0, 0.1) is 0 Å². The van der Waals surface area contributed by atoms with Crippen molar-refractivity contribution in [2.24, 2.45) is 4.99 Å². The van der Waals surface area contributed by atoms with Crippen molar-refractivity contribution in [2.75, 3.05) is 44.9 Å². The van der Waals surface area contributed by atoms with Crippen molar-refractivity contribution in [2.45, 2.75) is 72.7 Å². The number of nitrogens with zero attached hydrogens (tertiary/aromatic N) is 4. The first-order chi connectivity index (χ1) is 20.8. The summed E-state index contributed by atoms with van der Waals surface area (Å²) in [7, 11) is 3.74. The number of carbonyl (C=O) groups excluding carboxylic acids is 2. The van der Waals surface area contributed by atoms with Crippen molar-refractivity contribution in [3.8, 4) is 0 Å². The van der Waals surface area contributed by atoms with Crippen LogP contribution >= 0.6 is 23.1 Å². The molecule has 1 unspecified atom stereocenters. The number of thiophene rings is 1. The Labute approximate surface area is 271 Å². The number of hydrogen-bond acceptors (Lipinski definition) is 8. The van der Waals surface area contributed by atoms with Gasteiger partial charge in [0.15, 0.2) is 0 Å². The molecule has 8 nitrogen and oxygen atoms in total. The van der Waals surface area contributed by atoms with Crippen LogP contribution in [0.15, 0.2) is 69.8 Å². The maximum atomic E-state index is 14.1. The monoisotopic (exact) mass is 640 g/mol. The SMILES string of the molecule is CC/C(C)=C/C1=C(/N=C(\C)SC)N(C)CCN(c2cccc(COC(CCN(C)C(=O)OC(C)(C)C)c3cccs3)c2)C1=O. The maximum Gasteiger partial charge on any atom is 0.410 e. The van der Waals surface area contributed by atoms with Crippen molar-refractivity contribution in [3.63, 3.8) is 0 Å². The summed E-state index contributed by atoms with van der Waals surface area (Å²) < 4.78 is 12.0. The van der Waals surface area contributed by atoms with Crippen LogP contribution in [0.1, 0.15) is 70.9 Å². The highest BCUT2D eigenvalue weighted by atomic mass is 32.2. The van der Waals surface area contributed by atoms with Gasteiger partial charge in [-0.1, -0.05) is 30.7 Å². The molecule has 0 bridgehead atoms. The summed E-state index contributed by atoms with van der Waals surface area (Å²) in [6.07, 6.45) is 4.92. The number of hydrogen-bond donors (Lipinski definition) is 0. The zero-order valence-corrected chi connectivity index (χ0v) is 29.3. The first kappa shape index (κ1) is 35.4. The average Bonchev–Trinajstić information content (AvgIpc) is 3.49. The number of thioether (sulfide) groups is 1.